The van der Waals surface area contributed by atoms with Gasteiger partial charge in [-0.2, -0.15) is 0 Å². The summed E-state index contributed by atoms with van der Waals surface area (Å²) in [5, 5.41) is 0. The van der Waals surface area contributed by atoms with Gasteiger partial charge in [0.2, 0.25) is 5.91 Å². The number of ether oxygens (including phenoxy) is 3. The van der Waals surface area contributed by atoms with Crippen molar-refractivity contribution in [2.24, 2.45) is 0 Å². The van der Waals surface area contributed by atoms with Crippen molar-refractivity contribution >= 4 is 11.9 Å². The zero-order valence-electron chi connectivity index (χ0n) is 18.4. The SMILES string of the molecule is C=CCOC(=O)C1=C(C)N(Cc2cc(OC)cc(OC)c2)C(=O)CC1c1cccc(F)c1. The highest BCUT2D eigenvalue weighted by atomic mass is 19.1. The molecule has 0 spiro atoms. The van der Waals surface area contributed by atoms with Crippen molar-refractivity contribution in [2.75, 3.05) is 20.8 Å². The predicted molar refractivity (Wildman–Crippen MR) is 118 cm³/mol. The van der Waals surface area contributed by atoms with Crippen LogP contribution in [-0.2, 0) is 20.9 Å². The number of nitrogens with zero attached hydrogens (tertiary/aromatic N) is 1. The van der Waals surface area contributed by atoms with Crippen LogP contribution in [0.4, 0.5) is 4.39 Å². The van der Waals surface area contributed by atoms with Gasteiger partial charge in [0.1, 0.15) is 23.9 Å². The van der Waals surface area contributed by atoms with Gasteiger partial charge in [-0.1, -0.05) is 24.8 Å². The van der Waals surface area contributed by atoms with Crippen LogP contribution >= 0.6 is 0 Å². The minimum Gasteiger partial charge on any atom is -0.497 e. The quantitative estimate of drug-likeness (QED) is 0.452. The Labute approximate surface area is 186 Å². The molecular weight excluding hydrogens is 413 g/mol. The largest absolute Gasteiger partial charge is 0.497 e. The second-order valence-electron chi connectivity index (χ2n) is 7.40. The molecule has 1 heterocycles. The first-order valence-electron chi connectivity index (χ1n) is 10.1. The Kier molecular flexibility index (Phi) is 7.30. The molecular formula is C25H26FNO5. The lowest BCUT2D eigenvalue weighted by Crippen LogP contribution is -2.38. The number of methoxy groups -OCH3 is 2. The summed E-state index contributed by atoms with van der Waals surface area (Å²) in [4.78, 5) is 27.6. The summed E-state index contributed by atoms with van der Waals surface area (Å²) in [6.07, 6.45) is 1.49. The summed E-state index contributed by atoms with van der Waals surface area (Å²) < 4.78 is 29.8. The summed E-state index contributed by atoms with van der Waals surface area (Å²) in [6, 6.07) is 11.3. The lowest BCUT2D eigenvalue weighted by molar-refractivity contribution is -0.139. The first-order valence-corrected chi connectivity index (χ1v) is 10.1. The number of hydrogen-bond acceptors (Lipinski definition) is 5. The summed E-state index contributed by atoms with van der Waals surface area (Å²) in [5.41, 5.74) is 2.11. The maximum absolute atomic E-state index is 13.9. The fourth-order valence-electron chi connectivity index (χ4n) is 3.83. The number of carbonyl (C=O) groups excluding carboxylic acids is 2. The third-order valence-electron chi connectivity index (χ3n) is 5.38. The molecule has 1 aliphatic heterocycles. The van der Waals surface area contributed by atoms with E-state index in [0.29, 0.717) is 28.3 Å². The molecule has 6 nitrogen and oxygen atoms in total. The third-order valence-corrected chi connectivity index (χ3v) is 5.38. The third kappa shape index (κ3) is 4.99. The molecule has 0 saturated carbocycles. The van der Waals surface area contributed by atoms with Crippen LogP contribution in [0.5, 0.6) is 11.5 Å². The number of allylic oxidation sites excluding steroid dienone is 1. The van der Waals surface area contributed by atoms with Gasteiger partial charge in [0.05, 0.1) is 26.3 Å². The lowest BCUT2D eigenvalue weighted by atomic mass is 9.83. The molecule has 1 atom stereocenters. The van der Waals surface area contributed by atoms with Crippen LogP contribution < -0.4 is 9.47 Å². The average molecular weight is 439 g/mol. The number of benzene rings is 2. The number of carbonyl (C=O) groups is 2. The normalized spacial score (nSPS) is 16.1. The van der Waals surface area contributed by atoms with Gasteiger partial charge < -0.3 is 19.1 Å². The molecule has 0 aromatic heterocycles. The molecule has 32 heavy (non-hydrogen) atoms. The van der Waals surface area contributed by atoms with Gasteiger partial charge in [0.25, 0.3) is 0 Å². The minimum absolute atomic E-state index is 0.0143. The molecule has 0 aliphatic carbocycles. The van der Waals surface area contributed by atoms with Crippen molar-refractivity contribution in [1.29, 1.82) is 0 Å². The molecule has 1 aliphatic rings. The van der Waals surface area contributed by atoms with Crippen molar-refractivity contribution in [3.05, 3.63) is 83.3 Å². The van der Waals surface area contributed by atoms with E-state index in [-0.39, 0.29) is 25.5 Å². The Morgan fingerprint density at radius 1 is 1.19 bits per heavy atom. The molecule has 1 unspecified atom stereocenters. The van der Waals surface area contributed by atoms with Gasteiger partial charge in [-0.25, -0.2) is 9.18 Å². The molecule has 168 valence electrons. The second kappa shape index (κ2) is 10.1. The van der Waals surface area contributed by atoms with Crippen LogP contribution in [0.15, 0.2) is 66.4 Å². The standard InChI is InChI=1S/C25H26FNO5/c1-5-9-32-25(29)24-16(2)27(15-17-10-20(30-3)13-21(11-17)31-4)23(28)14-22(24)18-7-6-8-19(26)12-18/h5-8,10-13,22H,1,9,14-15H2,2-4H3. The number of amides is 1. The van der Waals surface area contributed by atoms with Crippen LogP contribution in [0.2, 0.25) is 0 Å². The Hall–Kier alpha value is -3.61. The Morgan fingerprint density at radius 3 is 2.47 bits per heavy atom. The van der Waals surface area contributed by atoms with Gasteiger partial charge in [-0.15, -0.1) is 0 Å². The first-order chi connectivity index (χ1) is 15.4. The summed E-state index contributed by atoms with van der Waals surface area (Å²) in [7, 11) is 3.10. The van der Waals surface area contributed by atoms with E-state index < -0.39 is 17.7 Å². The number of hydrogen-bond donors (Lipinski definition) is 0. The van der Waals surface area contributed by atoms with E-state index in [4.69, 9.17) is 14.2 Å². The Balaban J connectivity index is 2.04. The Morgan fingerprint density at radius 2 is 1.88 bits per heavy atom. The molecule has 0 N–H and O–H groups in total. The molecule has 0 saturated heterocycles. The molecule has 7 heteroatoms. The van der Waals surface area contributed by atoms with Crippen LogP contribution in [0.3, 0.4) is 0 Å². The average Bonchev–Trinajstić information content (AvgIpc) is 2.79. The zero-order chi connectivity index (χ0) is 23.3. The smallest absolute Gasteiger partial charge is 0.336 e. The van der Waals surface area contributed by atoms with Crippen molar-refractivity contribution < 1.29 is 28.2 Å². The highest BCUT2D eigenvalue weighted by Crippen LogP contribution is 2.38. The number of esters is 1. The molecule has 0 fully saturated rings. The maximum atomic E-state index is 13.9. The fourth-order valence-corrected chi connectivity index (χ4v) is 3.83. The van der Waals surface area contributed by atoms with Gasteiger partial charge in [-0.05, 0) is 42.3 Å². The molecule has 0 radical (unpaired) electrons. The highest BCUT2D eigenvalue weighted by molar-refractivity contribution is 5.95. The monoisotopic (exact) mass is 439 g/mol. The predicted octanol–water partition coefficient (Wildman–Crippen LogP) is 4.36. The maximum Gasteiger partial charge on any atom is 0.336 e. The van der Waals surface area contributed by atoms with Gasteiger partial charge in [0, 0.05) is 24.1 Å². The Bertz CT molecular complexity index is 1040. The summed E-state index contributed by atoms with van der Waals surface area (Å²) in [5.74, 6) is -0.595. The van der Waals surface area contributed by atoms with E-state index in [1.54, 1.807) is 51.5 Å². The van der Waals surface area contributed by atoms with E-state index >= 15 is 0 Å². The van der Waals surface area contributed by atoms with E-state index in [1.165, 1.54) is 23.1 Å². The first kappa shape index (κ1) is 23.1. The van der Waals surface area contributed by atoms with E-state index in [0.717, 1.165) is 5.56 Å². The second-order valence-corrected chi connectivity index (χ2v) is 7.40. The van der Waals surface area contributed by atoms with Crippen LogP contribution in [-0.4, -0.2) is 37.6 Å². The van der Waals surface area contributed by atoms with Gasteiger partial charge in [0.15, 0.2) is 0 Å². The van der Waals surface area contributed by atoms with Gasteiger partial charge >= 0.3 is 5.97 Å². The molecule has 2 aromatic carbocycles. The fraction of sp³-hybridized carbons (Fsp3) is 0.280. The molecule has 1 amide bonds. The molecule has 3 rings (SSSR count). The van der Waals surface area contributed by atoms with E-state index in [2.05, 4.69) is 6.58 Å². The van der Waals surface area contributed by atoms with E-state index in [9.17, 15) is 14.0 Å². The van der Waals surface area contributed by atoms with Gasteiger partial charge in [-0.3, -0.25) is 4.79 Å². The minimum atomic E-state index is -0.605. The zero-order valence-corrected chi connectivity index (χ0v) is 18.4. The van der Waals surface area contributed by atoms with Crippen molar-refractivity contribution in [2.45, 2.75) is 25.8 Å². The summed E-state index contributed by atoms with van der Waals surface area (Å²) in [6.45, 7) is 5.52. The number of halogens is 1. The van der Waals surface area contributed by atoms with E-state index in [1.807, 2.05) is 0 Å². The summed E-state index contributed by atoms with van der Waals surface area (Å²) >= 11 is 0. The topological polar surface area (TPSA) is 65.1 Å². The van der Waals surface area contributed by atoms with Crippen LogP contribution in [0, 0.1) is 5.82 Å². The molecule has 2 aromatic rings. The molecule has 0 bridgehead atoms. The van der Waals surface area contributed by atoms with Crippen molar-refractivity contribution in [3.8, 4) is 11.5 Å². The highest BCUT2D eigenvalue weighted by Gasteiger charge is 2.37. The van der Waals surface area contributed by atoms with Crippen molar-refractivity contribution in [1.82, 2.24) is 4.90 Å². The van der Waals surface area contributed by atoms with Crippen LogP contribution in [0.25, 0.3) is 0 Å². The lowest BCUT2D eigenvalue weighted by Gasteiger charge is -2.34. The van der Waals surface area contributed by atoms with Crippen molar-refractivity contribution in [3.63, 3.8) is 0 Å². The number of rotatable bonds is 8. The van der Waals surface area contributed by atoms with Crippen LogP contribution in [0.1, 0.15) is 30.4 Å².